The van der Waals surface area contributed by atoms with Crippen LogP contribution in [0.3, 0.4) is 0 Å². The van der Waals surface area contributed by atoms with Crippen molar-refractivity contribution in [3.05, 3.63) is 59.1 Å². The highest BCUT2D eigenvalue weighted by Crippen LogP contribution is 2.15. The van der Waals surface area contributed by atoms with Gasteiger partial charge in [-0.1, -0.05) is 11.6 Å². The summed E-state index contributed by atoms with van der Waals surface area (Å²) in [5.41, 5.74) is 6.68. The number of hydrogen-bond donors (Lipinski definition) is 3. The highest BCUT2D eigenvalue weighted by Gasteiger charge is 2.05. The Balaban J connectivity index is 2.04. The van der Waals surface area contributed by atoms with Gasteiger partial charge in [-0.25, -0.2) is 4.79 Å². The first-order chi connectivity index (χ1) is 9.54. The fraction of sp³-hybridized carbons (Fsp3) is 0. The maximum Gasteiger partial charge on any atom is 0.316 e. The molecule has 0 atom stereocenters. The van der Waals surface area contributed by atoms with Crippen LogP contribution < -0.4 is 16.4 Å². The van der Waals surface area contributed by atoms with Crippen LogP contribution in [0.25, 0.3) is 0 Å². The van der Waals surface area contributed by atoms with Crippen molar-refractivity contribution < 1.29 is 9.59 Å². The molecule has 0 radical (unpaired) electrons. The molecular weight excluding hydrogens is 278 g/mol. The van der Waals surface area contributed by atoms with Gasteiger partial charge in [-0.2, -0.15) is 0 Å². The number of anilines is 2. The van der Waals surface area contributed by atoms with Gasteiger partial charge in [0.05, 0.1) is 0 Å². The molecule has 0 bridgehead atoms. The molecule has 0 unspecified atom stereocenters. The minimum absolute atomic E-state index is 0.239. The predicted molar refractivity (Wildman–Crippen MR) is 79.1 cm³/mol. The van der Waals surface area contributed by atoms with Crippen LogP contribution in [0.1, 0.15) is 10.4 Å². The molecule has 2 aromatic carbocycles. The molecule has 2 rings (SSSR count). The number of hydrogen-bond acceptors (Lipinski definition) is 2. The maximum atomic E-state index is 11.9. The zero-order valence-corrected chi connectivity index (χ0v) is 11.1. The molecule has 0 aliphatic heterocycles. The maximum absolute atomic E-state index is 11.9. The molecule has 0 saturated carbocycles. The van der Waals surface area contributed by atoms with Gasteiger partial charge >= 0.3 is 6.03 Å². The van der Waals surface area contributed by atoms with Crippen LogP contribution in [0.4, 0.5) is 16.2 Å². The lowest BCUT2D eigenvalue weighted by Crippen LogP contribution is -2.19. The van der Waals surface area contributed by atoms with E-state index in [1.807, 2.05) is 0 Å². The third-order valence-electron chi connectivity index (χ3n) is 2.52. The number of halogens is 1. The molecule has 0 aliphatic carbocycles. The Kier molecular flexibility index (Phi) is 4.22. The first-order valence-electron chi connectivity index (χ1n) is 5.78. The van der Waals surface area contributed by atoms with Crippen LogP contribution in [0.5, 0.6) is 0 Å². The lowest BCUT2D eigenvalue weighted by Gasteiger charge is -2.07. The van der Waals surface area contributed by atoms with Crippen LogP contribution in [-0.2, 0) is 0 Å². The quantitative estimate of drug-likeness (QED) is 0.811. The van der Waals surface area contributed by atoms with E-state index >= 15 is 0 Å². The summed E-state index contributed by atoms with van der Waals surface area (Å²) in [6.45, 7) is 0. The summed E-state index contributed by atoms with van der Waals surface area (Å²) in [6, 6.07) is 12.6. The van der Waals surface area contributed by atoms with Crippen molar-refractivity contribution >= 4 is 34.9 Å². The Bertz CT molecular complexity index is 624. The minimum Gasteiger partial charge on any atom is -0.351 e. The Morgan fingerprint density at radius 2 is 1.35 bits per heavy atom. The van der Waals surface area contributed by atoms with Crippen molar-refractivity contribution in [2.75, 3.05) is 10.6 Å². The Morgan fingerprint density at radius 1 is 0.850 bits per heavy atom. The summed E-state index contributed by atoms with van der Waals surface area (Å²) in [5, 5.41) is 5.74. The van der Waals surface area contributed by atoms with Crippen LogP contribution in [0, 0.1) is 0 Å². The molecule has 20 heavy (non-hydrogen) atoms. The van der Waals surface area contributed by atoms with E-state index in [9.17, 15) is 9.59 Å². The molecule has 0 heterocycles. The van der Waals surface area contributed by atoms with E-state index in [4.69, 9.17) is 17.3 Å². The number of primary amides is 1. The zero-order chi connectivity index (χ0) is 14.5. The topological polar surface area (TPSA) is 84.2 Å². The number of amides is 3. The van der Waals surface area contributed by atoms with Crippen molar-refractivity contribution in [2.24, 2.45) is 5.73 Å². The van der Waals surface area contributed by atoms with Crippen LogP contribution in [-0.4, -0.2) is 11.9 Å². The molecule has 0 aliphatic rings. The average molecular weight is 290 g/mol. The summed E-state index contributed by atoms with van der Waals surface area (Å²) in [6.07, 6.45) is 0. The molecule has 0 spiro atoms. The molecule has 0 saturated heterocycles. The summed E-state index contributed by atoms with van der Waals surface area (Å²) in [4.78, 5) is 22.6. The summed E-state index contributed by atoms with van der Waals surface area (Å²) in [7, 11) is 0. The largest absolute Gasteiger partial charge is 0.351 e. The van der Waals surface area contributed by atoms with Crippen LogP contribution in [0.15, 0.2) is 48.5 Å². The van der Waals surface area contributed by atoms with Gasteiger partial charge in [0.25, 0.3) is 5.91 Å². The fourth-order valence-electron chi connectivity index (χ4n) is 1.58. The van der Waals surface area contributed by atoms with Crippen LogP contribution in [0.2, 0.25) is 5.02 Å². The number of benzene rings is 2. The van der Waals surface area contributed by atoms with Crippen molar-refractivity contribution in [1.82, 2.24) is 0 Å². The van der Waals surface area contributed by atoms with Gasteiger partial charge in [0, 0.05) is 22.0 Å². The first-order valence-corrected chi connectivity index (χ1v) is 6.16. The zero-order valence-electron chi connectivity index (χ0n) is 10.4. The number of rotatable bonds is 3. The summed E-state index contributed by atoms with van der Waals surface area (Å²) < 4.78 is 0. The number of nitrogens with one attached hydrogen (secondary N) is 2. The van der Waals surface area contributed by atoms with Crippen molar-refractivity contribution in [3.63, 3.8) is 0 Å². The van der Waals surface area contributed by atoms with Gasteiger partial charge in [0.15, 0.2) is 0 Å². The first kappa shape index (κ1) is 13.9. The molecule has 6 heteroatoms. The minimum atomic E-state index is -0.636. The Morgan fingerprint density at radius 3 is 1.85 bits per heavy atom. The predicted octanol–water partition coefficient (Wildman–Crippen LogP) is 3.08. The lowest BCUT2D eigenvalue weighted by molar-refractivity contribution is 0.102. The lowest BCUT2D eigenvalue weighted by atomic mass is 10.2. The van der Waals surface area contributed by atoms with Gasteiger partial charge in [0.2, 0.25) is 0 Å². The van der Waals surface area contributed by atoms with E-state index in [-0.39, 0.29) is 5.91 Å². The number of carbonyl (C=O) groups excluding carboxylic acids is 2. The van der Waals surface area contributed by atoms with E-state index < -0.39 is 6.03 Å². The second-order valence-electron chi connectivity index (χ2n) is 4.03. The molecule has 0 fully saturated rings. The second kappa shape index (κ2) is 6.08. The van der Waals surface area contributed by atoms with Gasteiger partial charge in [-0.05, 0) is 48.5 Å². The molecular formula is C14H12ClN3O2. The van der Waals surface area contributed by atoms with Crippen LogP contribution >= 0.6 is 11.6 Å². The molecule has 0 aromatic heterocycles. The highest BCUT2D eigenvalue weighted by molar-refractivity contribution is 6.30. The third-order valence-corrected chi connectivity index (χ3v) is 2.77. The van der Waals surface area contributed by atoms with E-state index in [1.54, 1.807) is 48.5 Å². The Labute approximate surface area is 120 Å². The standard InChI is InChI=1S/C14H12ClN3O2/c15-10-3-1-9(2-4-10)13(19)17-11-5-7-12(8-6-11)18-14(16)20/h1-8H,(H,17,19)(H3,16,18,20). The van der Waals surface area contributed by atoms with E-state index in [2.05, 4.69) is 10.6 Å². The van der Waals surface area contributed by atoms with E-state index in [0.717, 1.165) is 0 Å². The third kappa shape index (κ3) is 3.73. The van der Waals surface area contributed by atoms with E-state index in [0.29, 0.717) is 22.0 Å². The molecule has 3 amide bonds. The van der Waals surface area contributed by atoms with Crippen molar-refractivity contribution in [2.45, 2.75) is 0 Å². The van der Waals surface area contributed by atoms with Gasteiger partial charge in [0.1, 0.15) is 0 Å². The van der Waals surface area contributed by atoms with Gasteiger partial charge in [-0.15, -0.1) is 0 Å². The highest BCUT2D eigenvalue weighted by atomic mass is 35.5. The SMILES string of the molecule is NC(=O)Nc1ccc(NC(=O)c2ccc(Cl)cc2)cc1. The summed E-state index contributed by atoms with van der Waals surface area (Å²) >= 11 is 5.76. The summed E-state index contributed by atoms with van der Waals surface area (Å²) in [5.74, 6) is -0.239. The fourth-order valence-corrected chi connectivity index (χ4v) is 1.71. The molecule has 4 N–H and O–H groups in total. The van der Waals surface area contributed by atoms with Gasteiger partial charge in [-0.3, -0.25) is 4.79 Å². The number of carbonyl (C=O) groups is 2. The van der Waals surface area contributed by atoms with Crippen molar-refractivity contribution in [1.29, 1.82) is 0 Å². The Hall–Kier alpha value is -2.53. The monoisotopic (exact) mass is 289 g/mol. The van der Waals surface area contributed by atoms with Crippen molar-refractivity contribution in [3.8, 4) is 0 Å². The number of urea groups is 1. The average Bonchev–Trinajstić information content (AvgIpc) is 2.41. The molecule has 102 valence electrons. The van der Waals surface area contributed by atoms with Gasteiger partial charge < -0.3 is 16.4 Å². The van der Waals surface area contributed by atoms with E-state index in [1.165, 1.54) is 0 Å². The second-order valence-corrected chi connectivity index (χ2v) is 4.46. The molecule has 5 nitrogen and oxygen atoms in total. The number of nitrogens with two attached hydrogens (primary N) is 1. The smallest absolute Gasteiger partial charge is 0.316 e. The molecule has 2 aromatic rings. The normalized spacial score (nSPS) is 9.85.